The SMILES string of the molecule is COCCCC[C@@](O)(c1cccc(Cl)c1)[C@@H]1CCCN(C(=O)NCC(CC2(O)CCCCC2)N(C)C(=O)OCC[Si](C)(C)C)C1. The van der Waals surface area contributed by atoms with E-state index in [2.05, 4.69) is 25.0 Å². The lowest BCUT2D eigenvalue weighted by Gasteiger charge is -2.43. The first kappa shape index (κ1) is 37.6. The van der Waals surface area contributed by atoms with Crippen LogP contribution in [0.15, 0.2) is 24.3 Å². The van der Waals surface area contributed by atoms with Crippen molar-refractivity contribution in [2.24, 2.45) is 5.92 Å². The first-order valence-corrected chi connectivity index (χ1v) is 21.0. The summed E-state index contributed by atoms with van der Waals surface area (Å²) in [5, 5.41) is 27.2. The second-order valence-corrected chi connectivity index (χ2v) is 20.6. The highest BCUT2D eigenvalue weighted by Gasteiger charge is 2.42. The summed E-state index contributed by atoms with van der Waals surface area (Å²) in [5.41, 5.74) is -1.23. The predicted molar refractivity (Wildman–Crippen MR) is 182 cm³/mol. The third kappa shape index (κ3) is 11.7. The third-order valence-corrected chi connectivity index (χ3v) is 11.6. The van der Waals surface area contributed by atoms with Crippen LogP contribution in [0.25, 0.3) is 0 Å². The smallest absolute Gasteiger partial charge is 0.409 e. The Morgan fingerprint density at radius 2 is 1.91 bits per heavy atom. The molecule has 2 aliphatic rings. The molecule has 0 aromatic heterocycles. The Morgan fingerprint density at radius 1 is 1.18 bits per heavy atom. The highest BCUT2D eigenvalue weighted by molar-refractivity contribution is 6.76. The number of carbonyl (C=O) groups excluding carboxylic acids is 2. The fourth-order valence-electron chi connectivity index (χ4n) is 6.75. The Balaban J connectivity index is 1.70. The molecule has 3 atom stereocenters. The number of likely N-dealkylation sites (tertiary alicyclic amines) is 1. The number of likely N-dealkylation sites (N-methyl/N-ethyl adjacent to an activating group) is 1. The first-order chi connectivity index (χ1) is 21.3. The van der Waals surface area contributed by atoms with Crippen LogP contribution in [0, 0.1) is 5.92 Å². The van der Waals surface area contributed by atoms with Crippen LogP contribution in [0.3, 0.4) is 0 Å². The molecular weight excluding hydrogens is 610 g/mol. The molecule has 256 valence electrons. The quantitative estimate of drug-likeness (QED) is 0.143. The van der Waals surface area contributed by atoms with Gasteiger partial charge in [0.25, 0.3) is 0 Å². The van der Waals surface area contributed by atoms with Crippen LogP contribution in [0.5, 0.6) is 0 Å². The van der Waals surface area contributed by atoms with Crippen molar-refractivity contribution in [2.75, 3.05) is 47.0 Å². The zero-order chi connectivity index (χ0) is 33.1. The average Bonchev–Trinajstić information content (AvgIpc) is 3.00. The second-order valence-electron chi connectivity index (χ2n) is 14.5. The van der Waals surface area contributed by atoms with Crippen LogP contribution >= 0.6 is 11.6 Å². The van der Waals surface area contributed by atoms with Crippen LogP contribution in [0.2, 0.25) is 30.7 Å². The number of amides is 3. The van der Waals surface area contributed by atoms with E-state index in [-0.39, 0.29) is 18.5 Å². The number of aliphatic hydroxyl groups is 2. The maximum Gasteiger partial charge on any atom is 0.409 e. The molecule has 0 radical (unpaired) electrons. The van der Waals surface area contributed by atoms with Crippen molar-refractivity contribution in [3.05, 3.63) is 34.9 Å². The second kappa shape index (κ2) is 17.3. The van der Waals surface area contributed by atoms with Gasteiger partial charge < -0.3 is 34.8 Å². The zero-order valence-electron chi connectivity index (χ0n) is 28.3. The maximum absolute atomic E-state index is 13.6. The fourth-order valence-corrected chi connectivity index (χ4v) is 7.65. The van der Waals surface area contributed by atoms with E-state index in [9.17, 15) is 19.8 Å². The number of nitrogens with one attached hydrogen (secondary N) is 1. The Hall–Kier alpha value is -1.85. The van der Waals surface area contributed by atoms with Crippen molar-refractivity contribution < 1.29 is 29.3 Å². The van der Waals surface area contributed by atoms with E-state index in [0.717, 1.165) is 56.6 Å². The number of carbonyl (C=O) groups is 2. The van der Waals surface area contributed by atoms with Crippen LogP contribution in [-0.4, -0.2) is 98.9 Å². The molecule has 1 aromatic carbocycles. The maximum atomic E-state index is 13.6. The van der Waals surface area contributed by atoms with Gasteiger partial charge in [0.05, 0.1) is 23.9 Å². The van der Waals surface area contributed by atoms with Gasteiger partial charge in [0.2, 0.25) is 0 Å². The molecule has 3 rings (SSSR count). The number of hydrogen-bond acceptors (Lipinski definition) is 6. The molecule has 1 unspecified atom stereocenters. The molecule has 1 heterocycles. The standard InChI is InChI=1S/C34H58ClN3O6Si/c1-37(32(40)44-21-22-45(3,4)5)30(24-33(41)16-7-6-8-17-33)25-36-31(39)38-19-12-14-28(26-38)34(42,18-9-10-20-43-2)27-13-11-15-29(35)23-27/h11,13,15,23,28,30,41-42H,6-10,12,14,16-22,24-26H2,1-5H3,(H,36,39)/t28-,30?,34-/m1/s1. The third-order valence-electron chi connectivity index (χ3n) is 9.67. The average molecular weight is 668 g/mol. The van der Waals surface area contributed by atoms with Crippen LogP contribution in [0.4, 0.5) is 9.59 Å². The van der Waals surface area contributed by atoms with E-state index >= 15 is 0 Å². The van der Waals surface area contributed by atoms with Gasteiger partial charge in [-0.2, -0.15) is 0 Å². The molecule has 1 saturated heterocycles. The van der Waals surface area contributed by atoms with Gasteiger partial charge in [-0.1, -0.05) is 62.6 Å². The van der Waals surface area contributed by atoms with Gasteiger partial charge in [0.1, 0.15) is 0 Å². The highest BCUT2D eigenvalue weighted by Crippen LogP contribution is 2.40. The number of methoxy groups -OCH3 is 1. The number of halogens is 1. The van der Waals surface area contributed by atoms with Gasteiger partial charge in [-0.3, -0.25) is 0 Å². The van der Waals surface area contributed by atoms with Gasteiger partial charge >= 0.3 is 12.1 Å². The van der Waals surface area contributed by atoms with Gasteiger partial charge in [-0.05, 0) is 75.1 Å². The molecule has 1 aromatic rings. The number of hydrogen-bond donors (Lipinski definition) is 3. The molecule has 45 heavy (non-hydrogen) atoms. The summed E-state index contributed by atoms with van der Waals surface area (Å²) in [4.78, 5) is 30.0. The van der Waals surface area contributed by atoms with Gasteiger partial charge in [-0.15, -0.1) is 0 Å². The van der Waals surface area contributed by atoms with Crippen molar-refractivity contribution in [3.8, 4) is 0 Å². The Labute approximate surface area is 277 Å². The van der Waals surface area contributed by atoms with Crippen molar-refractivity contribution in [3.63, 3.8) is 0 Å². The van der Waals surface area contributed by atoms with E-state index < -0.39 is 31.4 Å². The van der Waals surface area contributed by atoms with Crippen molar-refractivity contribution in [2.45, 2.75) is 114 Å². The van der Waals surface area contributed by atoms with E-state index in [1.807, 2.05) is 18.2 Å². The van der Waals surface area contributed by atoms with E-state index in [4.69, 9.17) is 21.1 Å². The lowest BCUT2D eigenvalue weighted by molar-refractivity contribution is -0.0564. The number of unbranched alkanes of at least 4 members (excludes halogenated alkanes) is 1. The number of benzene rings is 1. The molecule has 1 saturated carbocycles. The lowest BCUT2D eigenvalue weighted by atomic mass is 9.74. The number of nitrogens with zero attached hydrogens (tertiary/aromatic N) is 2. The molecule has 11 heteroatoms. The number of urea groups is 1. The summed E-state index contributed by atoms with van der Waals surface area (Å²) < 4.78 is 10.9. The Morgan fingerprint density at radius 3 is 2.58 bits per heavy atom. The van der Waals surface area contributed by atoms with Gasteiger partial charge in [0, 0.05) is 59.4 Å². The molecule has 9 nitrogen and oxygen atoms in total. The van der Waals surface area contributed by atoms with Crippen LogP contribution in [-0.2, 0) is 15.1 Å². The number of rotatable bonds is 15. The van der Waals surface area contributed by atoms with Crippen LogP contribution < -0.4 is 5.32 Å². The summed E-state index contributed by atoms with van der Waals surface area (Å²) in [6.07, 6.45) is 8.06. The van der Waals surface area contributed by atoms with Crippen molar-refractivity contribution in [1.82, 2.24) is 15.1 Å². The summed E-state index contributed by atoms with van der Waals surface area (Å²) >= 11 is 6.34. The summed E-state index contributed by atoms with van der Waals surface area (Å²) in [5.74, 6) is -0.166. The predicted octanol–water partition coefficient (Wildman–Crippen LogP) is 6.63. The van der Waals surface area contributed by atoms with Crippen molar-refractivity contribution in [1.29, 1.82) is 0 Å². The fraction of sp³-hybridized carbons (Fsp3) is 0.765. The normalized spacial score (nSPS) is 20.6. The topological polar surface area (TPSA) is 112 Å². The molecule has 0 spiro atoms. The molecule has 0 bridgehead atoms. The number of piperidine rings is 1. The molecule has 3 amide bonds. The van der Waals surface area contributed by atoms with Crippen LogP contribution in [0.1, 0.15) is 76.2 Å². The van der Waals surface area contributed by atoms with E-state index in [0.29, 0.717) is 57.0 Å². The van der Waals surface area contributed by atoms with E-state index in [1.165, 1.54) is 0 Å². The lowest BCUT2D eigenvalue weighted by Crippen LogP contribution is -2.54. The molecule has 3 N–H and O–H groups in total. The molecule has 1 aliphatic heterocycles. The molecule has 1 aliphatic carbocycles. The minimum absolute atomic E-state index is 0.166. The highest BCUT2D eigenvalue weighted by atomic mass is 35.5. The Kier molecular flexibility index (Phi) is 14.5. The first-order valence-electron chi connectivity index (χ1n) is 16.9. The summed E-state index contributed by atoms with van der Waals surface area (Å²) in [7, 11) is 2.01. The summed E-state index contributed by atoms with van der Waals surface area (Å²) in [6, 6.07) is 7.64. The summed E-state index contributed by atoms with van der Waals surface area (Å²) in [6.45, 7) is 8.91. The minimum Gasteiger partial charge on any atom is -0.450 e. The minimum atomic E-state index is -1.37. The Bertz CT molecular complexity index is 1080. The molecular formula is C34H58ClN3O6Si. The van der Waals surface area contributed by atoms with Crippen molar-refractivity contribution >= 4 is 31.8 Å². The van der Waals surface area contributed by atoms with E-state index in [1.54, 1.807) is 30.0 Å². The molecule has 2 fully saturated rings. The van der Waals surface area contributed by atoms with Gasteiger partial charge in [0.15, 0.2) is 0 Å². The largest absolute Gasteiger partial charge is 0.450 e. The monoisotopic (exact) mass is 667 g/mol. The number of ether oxygens (including phenoxy) is 2. The zero-order valence-corrected chi connectivity index (χ0v) is 30.0. The van der Waals surface area contributed by atoms with Gasteiger partial charge in [-0.25, -0.2) is 9.59 Å².